The molecule has 48 heavy (non-hydrogen) atoms. The number of nitrogens with zero attached hydrogens (tertiary/aromatic N) is 6. The molecule has 0 radical (unpaired) electrons. The predicted octanol–water partition coefficient (Wildman–Crippen LogP) is 4.26. The maximum absolute atomic E-state index is 15.4. The summed E-state index contributed by atoms with van der Waals surface area (Å²) in [5, 5.41) is 9.70. The van der Waals surface area contributed by atoms with Crippen LogP contribution in [0.4, 0.5) is 11.4 Å². The minimum Gasteiger partial charge on any atom is -0.497 e. The lowest BCUT2D eigenvalue weighted by atomic mass is 9.80. The van der Waals surface area contributed by atoms with E-state index in [2.05, 4.69) is 20.9 Å². The number of aromatic nitrogens is 2. The van der Waals surface area contributed by atoms with Gasteiger partial charge in [0, 0.05) is 54.9 Å². The highest BCUT2D eigenvalue weighted by Gasteiger charge is 2.60. The number of rotatable bonds is 9. The van der Waals surface area contributed by atoms with Gasteiger partial charge in [-0.25, -0.2) is 4.98 Å². The van der Waals surface area contributed by atoms with Gasteiger partial charge >= 0.3 is 0 Å². The van der Waals surface area contributed by atoms with Crippen molar-refractivity contribution in [3.05, 3.63) is 95.4 Å². The maximum Gasteiger partial charge on any atom is 0.288 e. The van der Waals surface area contributed by atoms with Gasteiger partial charge in [0.15, 0.2) is 10.6 Å². The summed E-state index contributed by atoms with van der Waals surface area (Å²) < 4.78 is 46.8. The summed E-state index contributed by atoms with van der Waals surface area (Å²) in [6.45, 7) is 6.11. The first-order valence-corrected chi connectivity index (χ1v) is 17.0. The molecule has 2 aromatic heterocycles. The van der Waals surface area contributed by atoms with Gasteiger partial charge in [0.2, 0.25) is 0 Å². The first kappa shape index (κ1) is 32.7. The number of methoxy groups -OCH3 is 2. The molecule has 12 nitrogen and oxygen atoms in total. The van der Waals surface area contributed by atoms with Crippen molar-refractivity contribution in [1.82, 2.24) is 14.9 Å². The maximum atomic E-state index is 15.4. The summed E-state index contributed by atoms with van der Waals surface area (Å²) in [5.74, 6) is 0.493. The van der Waals surface area contributed by atoms with Crippen LogP contribution < -0.4 is 23.4 Å². The summed E-state index contributed by atoms with van der Waals surface area (Å²) in [6.07, 6.45) is 3.72. The van der Waals surface area contributed by atoms with Gasteiger partial charge in [0.05, 0.1) is 44.3 Å². The third-order valence-electron chi connectivity index (χ3n) is 8.77. The number of hydrogen-bond donors (Lipinski definition) is 0. The van der Waals surface area contributed by atoms with Crippen LogP contribution in [0.25, 0.3) is 0 Å². The summed E-state index contributed by atoms with van der Waals surface area (Å²) in [6, 6.07) is 18.8. The molecule has 1 unspecified atom stereocenters. The van der Waals surface area contributed by atoms with E-state index in [9.17, 15) is 13.7 Å². The van der Waals surface area contributed by atoms with Crippen LogP contribution in [0.2, 0.25) is 0 Å². The normalized spacial score (nSPS) is 18.2. The van der Waals surface area contributed by atoms with Crippen molar-refractivity contribution >= 4 is 27.3 Å². The van der Waals surface area contributed by atoms with E-state index in [1.807, 2.05) is 30.9 Å². The molecular formula is C35H36N6O6S. The lowest BCUT2D eigenvalue weighted by Gasteiger charge is -2.41. The van der Waals surface area contributed by atoms with Crippen LogP contribution in [0.5, 0.6) is 17.2 Å². The number of fused-ring (bicyclic) bond motifs is 1. The highest BCUT2D eigenvalue weighted by atomic mass is 32.2. The number of sulfonamides is 1. The topological polar surface area (TPSA) is 138 Å². The number of ether oxygens (including phenoxy) is 3. The first-order chi connectivity index (χ1) is 23.2. The largest absolute Gasteiger partial charge is 0.497 e. The van der Waals surface area contributed by atoms with Crippen molar-refractivity contribution in [2.24, 2.45) is 0 Å². The first-order valence-electron chi connectivity index (χ1n) is 15.6. The van der Waals surface area contributed by atoms with Crippen molar-refractivity contribution in [2.45, 2.75) is 30.8 Å². The Morgan fingerprint density at radius 2 is 1.71 bits per heavy atom. The molecule has 2 aromatic carbocycles. The lowest BCUT2D eigenvalue weighted by molar-refractivity contribution is -0.126. The number of carbonyl (C=O) groups is 1. The smallest absolute Gasteiger partial charge is 0.288 e. The molecule has 248 valence electrons. The van der Waals surface area contributed by atoms with Crippen molar-refractivity contribution in [2.75, 3.05) is 56.2 Å². The third kappa shape index (κ3) is 5.46. The van der Waals surface area contributed by atoms with Crippen LogP contribution in [-0.2, 0) is 20.4 Å². The van der Waals surface area contributed by atoms with Gasteiger partial charge in [-0.05, 0) is 80.9 Å². The Morgan fingerprint density at radius 3 is 2.40 bits per heavy atom. The Bertz CT molecular complexity index is 2000. The van der Waals surface area contributed by atoms with E-state index in [0.717, 1.165) is 15.7 Å². The van der Waals surface area contributed by atoms with Crippen LogP contribution in [0, 0.1) is 18.3 Å². The lowest BCUT2D eigenvalue weighted by Crippen LogP contribution is -2.56. The van der Waals surface area contributed by atoms with E-state index in [1.54, 1.807) is 30.5 Å². The van der Waals surface area contributed by atoms with E-state index in [4.69, 9.17) is 14.2 Å². The second kappa shape index (κ2) is 13.1. The van der Waals surface area contributed by atoms with E-state index in [-0.39, 0.29) is 16.3 Å². The van der Waals surface area contributed by atoms with Gasteiger partial charge in [-0.1, -0.05) is 0 Å². The van der Waals surface area contributed by atoms with Crippen LogP contribution in [0.1, 0.15) is 35.7 Å². The van der Waals surface area contributed by atoms with Gasteiger partial charge < -0.3 is 19.1 Å². The fourth-order valence-corrected chi connectivity index (χ4v) is 7.97. The third-order valence-corrected chi connectivity index (χ3v) is 10.4. The molecule has 1 saturated heterocycles. The summed E-state index contributed by atoms with van der Waals surface area (Å²) in [4.78, 5) is 28.2. The molecule has 6 rings (SSSR count). The van der Waals surface area contributed by atoms with E-state index < -0.39 is 21.5 Å². The van der Waals surface area contributed by atoms with Crippen LogP contribution in [0.15, 0.2) is 78.1 Å². The van der Waals surface area contributed by atoms with E-state index >= 15 is 4.79 Å². The molecule has 0 N–H and O–H groups in total. The average molecular weight is 669 g/mol. The zero-order chi connectivity index (χ0) is 34.1. The average Bonchev–Trinajstić information content (AvgIpc) is 3.21. The minimum absolute atomic E-state index is 0.132. The Morgan fingerprint density at radius 1 is 0.917 bits per heavy atom. The fourth-order valence-electron chi connectivity index (χ4n) is 6.59. The number of pyridine rings is 2. The molecular weight excluding hydrogens is 632 g/mol. The molecule has 13 heteroatoms. The molecule has 1 fully saturated rings. The molecule has 1 atom stereocenters. The zero-order valence-corrected chi connectivity index (χ0v) is 28.0. The van der Waals surface area contributed by atoms with Crippen LogP contribution in [0.3, 0.4) is 0 Å². The summed E-state index contributed by atoms with van der Waals surface area (Å²) >= 11 is 0. The SMILES string of the molecule is CCOc1ccc(OC)cc1C1(N2CCCN(c3ccnc(C)c3)CC2)C(=O)N(S(=O)(=O)c2ccc(OC)cn2)c2ccc(C#N)cc21. The van der Waals surface area contributed by atoms with E-state index in [1.165, 1.54) is 44.7 Å². The molecule has 1 amide bonds. The number of hydrogen-bond acceptors (Lipinski definition) is 11. The fraction of sp³-hybridized carbons (Fsp3) is 0.314. The monoisotopic (exact) mass is 668 g/mol. The van der Waals surface area contributed by atoms with Crippen molar-refractivity contribution < 1.29 is 27.4 Å². The quantitative estimate of drug-likeness (QED) is 0.253. The van der Waals surface area contributed by atoms with Gasteiger partial charge in [0.25, 0.3) is 15.9 Å². The number of amides is 1. The van der Waals surface area contributed by atoms with Crippen LogP contribution >= 0.6 is 0 Å². The van der Waals surface area contributed by atoms with Gasteiger partial charge in [0.1, 0.15) is 17.2 Å². The molecule has 2 aliphatic rings. The summed E-state index contributed by atoms with van der Waals surface area (Å²) in [7, 11) is -1.58. The Hall–Kier alpha value is -5.19. The van der Waals surface area contributed by atoms with Crippen molar-refractivity contribution in [1.29, 1.82) is 5.26 Å². The molecule has 0 bridgehead atoms. The van der Waals surface area contributed by atoms with Gasteiger partial charge in [-0.15, -0.1) is 0 Å². The molecule has 4 heterocycles. The number of anilines is 2. The number of benzene rings is 2. The number of aryl methyl sites for hydroxylation is 1. The van der Waals surface area contributed by atoms with Crippen molar-refractivity contribution in [3.63, 3.8) is 0 Å². The molecule has 0 spiro atoms. The Balaban J connectivity index is 1.60. The number of nitriles is 1. The molecule has 0 saturated carbocycles. The predicted molar refractivity (Wildman–Crippen MR) is 179 cm³/mol. The zero-order valence-electron chi connectivity index (χ0n) is 27.2. The van der Waals surface area contributed by atoms with Crippen molar-refractivity contribution in [3.8, 4) is 23.3 Å². The highest BCUT2D eigenvalue weighted by molar-refractivity contribution is 7.93. The Kier molecular flexibility index (Phi) is 8.96. The minimum atomic E-state index is -4.55. The second-order valence-electron chi connectivity index (χ2n) is 11.4. The molecule has 2 aliphatic heterocycles. The molecule has 4 aromatic rings. The van der Waals surface area contributed by atoms with E-state index in [0.29, 0.717) is 67.6 Å². The Labute approximate surface area is 280 Å². The van der Waals surface area contributed by atoms with Gasteiger partial charge in [-0.2, -0.15) is 18.0 Å². The second-order valence-corrected chi connectivity index (χ2v) is 13.2. The van der Waals surface area contributed by atoms with Crippen LogP contribution in [-0.4, -0.2) is 76.2 Å². The summed E-state index contributed by atoms with van der Waals surface area (Å²) in [5.41, 5.74) is 1.36. The highest BCUT2D eigenvalue weighted by Crippen LogP contribution is 2.53. The number of carbonyl (C=O) groups excluding carboxylic acids is 1. The standard InChI is InChI=1S/C35H36N6O6S/c1-5-47-32-11-8-27(45-3)21-30(32)35(40-16-6-15-39(17-18-40)26-13-14-37-24(2)19-26)29-20-25(22-36)7-10-31(29)41(34(35)42)48(43,44)33-12-9-28(46-4)23-38-33/h7-14,19-21,23H,5-6,15-18H2,1-4H3. The molecule has 0 aliphatic carbocycles. The van der Waals surface area contributed by atoms with Gasteiger partial charge in [-0.3, -0.25) is 14.7 Å².